The first-order valence-electron chi connectivity index (χ1n) is 8.80. The number of carbonyl (C=O) groups excluding carboxylic acids is 2. The van der Waals surface area contributed by atoms with E-state index in [0.29, 0.717) is 34.6 Å². The Kier molecular flexibility index (Phi) is 5.79. The number of benzene rings is 2. The summed E-state index contributed by atoms with van der Waals surface area (Å²) in [7, 11) is 3.17. The second-order valence-electron chi connectivity index (χ2n) is 5.96. The highest BCUT2D eigenvalue weighted by atomic mass is 16.5. The maximum atomic E-state index is 12.6. The summed E-state index contributed by atoms with van der Waals surface area (Å²) >= 11 is 0. The molecule has 3 rings (SSSR count). The summed E-state index contributed by atoms with van der Waals surface area (Å²) in [6.07, 6.45) is 0.704. The molecule has 0 amide bonds. The largest absolute Gasteiger partial charge is 0.497 e. The zero-order chi connectivity index (χ0) is 20.1. The highest BCUT2D eigenvalue weighted by Gasteiger charge is 2.25. The lowest BCUT2D eigenvalue weighted by molar-refractivity contribution is 0.0521. The minimum atomic E-state index is -0.517. The molecular formula is C22H21NO5. The van der Waals surface area contributed by atoms with Crippen molar-refractivity contribution in [3.05, 3.63) is 59.9 Å². The molecule has 0 bridgehead atoms. The molecule has 1 aromatic heterocycles. The van der Waals surface area contributed by atoms with Gasteiger partial charge < -0.3 is 19.2 Å². The van der Waals surface area contributed by atoms with Gasteiger partial charge in [-0.3, -0.25) is 4.79 Å². The monoisotopic (exact) mass is 379 g/mol. The van der Waals surface area contributed by atoms with Crippen LogP contribution in [0, 0.1) is 0 Å². The maximum absolute atomic E-state index is 12.6. The molecule has 0 aliphatic carbocycles. The van der Waals surface area contributed by atoms with Gasteiger partial charge in [-0.2, -0.15) is 0 Å². The van der Waals surface area contributed by atoms with Crippen LogP contribution < -0.4 is 9.47 Å². The quantitative estimate of drug-likeness (QED) is 0.488. The van der Waals surface area contributed by atoms with Gasteiger partial charge in [0.1, 0.15) is 17.2 Å². The average Bonchev–Trinajstić information content (AvgIpc) is 3.14. The molecule has 2 aromatic carbocycles. The van der Waals surface area contributed by atoms with E-state index in [1.807, 2.05) is 24.3 Å². The Morgan fingerprint density at radius 3 is 1.82 bits per heavy atom. The number of carbonyl (C=O) groups is 2. The van der Waals surface area contributed by atoms with Crippen molar-refractivity contribution in [2.45, 2.75) is 6.92 Å². The van der Waals surface area contributed by atoms with Crippen molar-refractivity contribution in [1.82, 2.24) is 4.98 Å². The standard InChI is InChI=1S/C22H21NO5/c1-4-28-22(25)21-20(15-7-11-17(27-3)12-8-15)19(18(13-24)23-21)14-5-9-16(26-2)10-6-14/h5-13,23H,4H2,1-3H3. The van der Waals surface area contributed by atoms with Gasteiger partial charge >= 0.3 is 5.97 Å². The fraction of sp³-hybridized carbons (Fsp3) is 0.182. The van der Waals surface area contributed by atoms with Crippen LogP contribution in [-0.4, -0.2) is 38.1 Å². The van der Waals surface area contributed by atoms with Crippen LogP contribution in [0.4, 0.5) is 0 Å². The Labute approximate surface area is 163 Å². The van der Waals surface area contributed by atoms with E-state index >= 15 is 0 Å². The zero-order valence-electron chi connectivity index (χ0n) is 15.9. The molecular weight excluding hydrogens is 358 g/mol. The predicted octanol–water partition coefficient (Wildman–Crippen LogP) is 4.36. The zero-order valence-corrected chi connectivity index (χ0v) is 15.9. The summed E-state index contributed by atoms with van der Waals surface area (Å²) in [5.41, 5.74) is 3.32. The molecule has 0 fully saturated rings. The molecule has 0 aliphatic rings. The third-order valence-electron chi connectivity index (χ3n) is 4.38. The van der Waals surface area contributed by atoms with Gasteiger partial charge in [0.2, 0.25) is 0 Å². The second-order valence-corrected chi connectivity index (χ2v) is 5.96. The summed E-state index contributed by atoms with van der Waals surface area (Å²) in [4.78, 5) is 27.3. The van der Waals surface area contributed by atoms with E-state index in [9.17, 15) is 9.59 Å². The van der Waals surface area contributed by atoms with Crippen LogP contribution in [0.25, 0.3) is 22.3 Å². The van der Waals surface area contributed by atoms with Crippen molar-refractivity contribution >= 4 is 12.3 Å². The van der Waals surface area contributed by atoms with Crippen molar-refractivity contribution in [3.63, 3.8) is 0 Å². The molecule has 0 aliphatic heterocycles. The number of nitrogens with one attached hydrogen (secondary N) is 1. The SMILES string of the molecule is CCOC(=O)c1[nH]c(C=O)c(-c2ccc(OC)cc2)c1-c1ccc(OC)cc1. The lowest BCUT2D eigenvalue weighted by atomic mass is 9.94. The number of aldehydes is 1. The fourth-order valence-electron chi connectivity index (χ4n) is 3.07. The maximum Gasteiger partial charge on any atom is 0.355 e. The number of ether oxygens (including phenoxy) is 3. The third-order valence-corrected chi connectivity index (χ3v) is 4.38. The first kappa shape index (κ1) is 19.2. The van der Waals surface area contributed by atoms with Crippen molar-refractivity contribution in [2.24, 2.45) is 0 Å². The van der Waals surface area contributed by atoms with E-state index in [2.05, 4.69) is 4.98 Å². The van der Waals surface area contributed by atoms with Crippen LogP contribution in [0.3, 0.4) is 0 Å². The molecule has 0 saturated heterocycles. The summed E-state index contributed by atoms with van der Waals surface area (Å²) in [6.45, 7) is 1.97. The Hall–Kier alpha value is -3.54. The van der Waals surface area contributed by atoms with E-state index in [1.165, 1.54) is 0 Å². The molecule has 1 N–H and O–H groups in total. The van der Waals surface area contributed by atoms with Crippen LogP contribution in [0.2, 0.25) is 0 Å². The lowest BCUT2D eigenvalue weighted by Gasteiger charge is -2.10. The van der Waals surface area contributed by atoms with Crippen LogP contribution in [0.1, 0.15) is 27.9 Å². The third kappa shape index (κ3) is 3.62. The van der Waals surface area contributed by atoms with Gasteiger partial charge in [-0.1, -0.05) is 24.3 Å². The summed E-state index contributed by atoms with van der Waals surface area (Å²) in [5, 5.41) is 0. The molecule has 0 radical (unpaired) electrons. The van der Waals surface area contributed by atoms with E-state index in [0.717, 1.165) is 11.1 Å². The van der Waals surface area contributed by atoms with Crippen molar-refractivity contribution in [3.8, 4) is 33.8 Å². The Morgan fingerprint density at radius 1 is 0.893 bits per heavy atom. The van der Waals surface area contributed by atoms with Gasteiger partial charge in [0.25, 0.3) is 0 Å². The molecule has 1 heterocycles. The molecule has 0 atom stereocenters. The van der Waals surface area contributed by atoms with Crippen molar-refractivity contribution < 1.29 is 23.8 Å². The highest BCUT2D eigenvalue weighted by molar-refractivity contribution is 6.06. The fourth-order valence-corrected chi connectivity index (χ4v) is 3.07. The number of H-pyrrole nitrogens is 1. The molecule has 6 heteroatoms. The van der Waals surface area contributed by atoms with E-state index in [4.69, 9.17) is 14.2 Å². The van der Waals surface area contributed by atoms with E-state index < -0.39 is 5.97 Å². The smallest absolute Gasteiger partial charge is 0.355 e. The topological polar surface area (TPSA) is 77.6 Å². The predicted molar refractivity (Wildman–Crippen MR) is 106 cm³/mol. The lowest BCUT2D eigenvalue weighted by Crippen LogP contribution is -2.06. The van der Waals surface area contributed by atoms with Crippen LogP contribution in [0.15, 0.2) is 48.5 Å². The molecule has 3 aromatic rings. The van der Waals surface area contributed by atoms with Crippen LogP contribution >= 0.6 is 0 Å². The first-order chi connectivity index (χ1) is 13.6. The normalized spacial score (nSPS) is 10.4. The van der Waals surface area contributed by atoms with Crippen molar-refractivity contribution in [2.75, 3.05) is 20.8 Å². The number of esters is 1. The second kappa shape index (κ2) is 8.43. The van der Waals surface area contributed by atoms with Crippen LogP contribution in [-0.2, 0) is 4.74 Å². The van der Waals surface area contributed by atoms with Gasteiger partial charge in [0.05, 0.1) is 26.5 Å². The average molecular weight is 379 g/mol. The first-order valence-corrected chi connectivity index (χ1v) is 8.80. The highest BCUT2D eigenvalue weighted by Crippen LogP contribution is 2.39. The summed E-state index contributed by atoms with van der Waals surface area (Å²) < 4.78 is 15.6. The van der Waals surface area contributed by atoms with E-state index in [-0.39, 0.29) is 12.3 Å². The van der Waals surface area contributed by atoms with Gasteiger partial charge in [-0.15, -0.1) is 0 Å². The summed E-state index contributed by atoms with van der Waals surface area (Å²) in [5.74, 6) is 0.873. The van der Waals surface area contributed by atoms with Gasteiger partial charge in [0, 0.05) is 11.1 Å². The Balaban J connectivity index is 2.25. The number of aromatic amines is 1. The minimum absolute atomic E-state index is 0.230. The van der Waals surface area contributed by atoms with Crippen LogP contribution in [0.5, 0.6) is 11.5 Å². The minimum Gasteiger partial charge on any atom is -0.497 e. The number of rotatable bonds is 7. The van der Waals surface area contributed by atoms with Gasteiger partial charge in [-0.05, 0) is 42.3 Å². The molecule has 28 heavy (non-hydrogen) atoms. The molecule has 0 unspecified atom stereocenters. The number of hydrogen-bond acceptors (Lipinski definition) is 5. The number of hydrogen-bond donors (Lipinski definition) is 1. The molecule has 0 saturated carbocycles. The Bertz CT molecular complexity index is 971. The molecule has 6 nitrogen and oxygen atoms in total. The molecule has 144 valence electrons. The van der Waals surface area contributed by atoms with E-state index in [1.54, 1.807) is 45.4 Å². The number of aromatic nitrogens is 1. The van der Waals surface area contributed by atoms with Gasteiger partial charge in [0.15, 0.2) is 6.29 Å². The summed E-state index contributed by atoms with van der Waals surface area (Å²) in [6, 6.07) is 14.6. The molecule has 0 spiro atoms. The van der Waals surface area contributed by atoms with Gasteiger partial charge in [-0.25, -0.2) is 4.79 Å². The van der Waals surface area contributed by atoms with Crippen molar-refractivity contribution in [1.29, 1.82) is 0 Å². The number of methoxy groups -OCH3 is 2. The Morgan fingerprint density at radius 2 is 1.39 bits per heavy atom.